The molecule has 1 aromatic rings. The SMILES string of the molecule is C=C[C@]1(C)C[C@@H](OC(=O)c2cnc(NN)[nH]c2=O)[C@@]2(C)C3C(=O)CCC3(CC[C@H]2C)[C@@H](C)[C@@H]1O. The lowest BCUT2D eigenvalue weighted by molar-refractivity contribution is -0.192. The van der Waals surface area contributed by atoms with E-state index < -0.39 is 34.6 Å². The van der Waals surface area contributed by atoms with E-state index in [2.05, 4.69) is 42.7 Å². The van der Waals surface area contributed by atoms with Gasteiger partial charge in [0.1, 0.15) is 17.5 Å². The van der Waals surface area contributed by atoms with Gasteiger partial charge >= 0.3 is 5.97 Å². The van der Waals surface area contributed by atoms with E-state index in [1.165, 1.54) is 0 Å². The summed E-state index contributed by atoms with van der Waals surface area (Å²) in [4.78, 5) is 45.5. The number of Topliss-reactive ketones (excluding diaryl/α,β-unsaturated/α-hetero) is 1. The number of carbonyl (C=O) groups is 2. The molecule has 8 atom stereocenters. The topological polar surface area (TPSA) is 147 Å². The lowest BCUT2D eigenvalue weighted by atomic mass is 9.44. The van der Waals surface area contributed by atoms with E-state index in [0.717, 1.165) is 25.5 Å². The van der Waals surface area contributed by atoms with Crippen LogP contribution >= 0.6 is 0 Å². The van der Waals surface area contributed by atoms with Gasteiger partial charge in [-0.1, -0.05) is 33.8 Å². The van der Waals surface area contributed by atoms with Crippen molar-refractivity contribution in [1.29, 1.82) is 0 Å². The highest BCUT2D eigenvalue weighted by atomic mass is 16.5. The number of nitrogens with two attached hydrogens (primary N) is 1. The maximum absolute atomic E-state index is 13.4. The van der Waals surface area contributed by atoms with Crippen molar-refractivity contribution in [3.05, 3.63) is 34.8 Å². The van der Waals surface area contributed by atoms with Gasteiger partial charge in [0.15, 0.2) is 0 Å². The first-order valence-corrected chi connectivity index (χ1v) is 12.1. The minimum Gasteiger partial charge on any atom is -0.458 e. The number of carbonyl (C=O) groups excluding carboxylic acids is 2. The summed E-state index contributed by atoms with van der Waals surface area (Å²) >= 11 is 0. The predicted octanol–water partition coefficient (Wildman–Crippen LogP) is 2.58. The molecule has 0 saturated heterocycles. The maximum atomic E-state index is 13.4. The fourth-order valence-corrected chi connectivity index (χ4v) is 7.31. The van der Waals surface area contributed by atoms with Gasteiger partial charge in [0.25, 0.3) is 5.56 Å². The van der Waals surface area contributed by atoms with Gasteiger partial charge in [-0.3, -0.25) is 20.0 Å². The first kappa shape index (κ1) is 24.6. The molecule has 0 spiro atoms. The number of esters is 1. The van der Waals surface area contributed by atoms with Crippen molar-refractivity contribution in [1.82, 2.24) is 9.97 Å². The Balaban J connectivity index is 1.83. The van der Waals surface area contributed by atoms with Gasteiger partial charge in [0, 0.05) is 23.2 Å². The molecule has 9 heteroatoms. The maximum Gasteiger partial charge on any atom is 0.345 e. The van der Waals surface area contributed by atoms with E-state index >= 15 is 0 Å². The second-order valence-corrected chi connectivity index (χ2v) is 11.1. The van der Waals surface area contributed by atoms with Gasteiger partial charge in [-0.15, -0.1) is 6.58 Å². The first-order valence-electron chi connectivity index (χ1n) is 12.1. The molecule has 5 N–H and O–H groups in total. The van der Waals surface area contributed by atoms with E-state index in [0.29, 0.717) is 12.8 Å². The molecule has 1 aromatic heterocycles. The number of nitrogens with one attached hydrogen (secondary N) is 2. The van der Waals surface area contributed by atoms with Crippen molar-refractivity contribution in [3.8, 4) is 0 Å². The number of aliphatic hydroxyl groups is 1. The standard InChI is InChI=1S/C25H36N4O5/c1-6-23(4)11-17(34-21(33)15-12-27-22(29-26)28-20(15)32)24(5)13(2)7-9-25(14(3)19(23)31)10-8-16(30)18(24)25/h6,12-14,17-19,31H,1,7-11,26H2,2-5H3,(H2,27,28,29,32)/t13-,14+,17-,18?,19+,23-,24+,25?/m1/s1. The van der Waals surface area contributed by atoms with Crippen LogP contribution in [0.5, 0.6) is 0 Å². The third-order valence-corrected chi connectivity index (χ3v) is 9.71. The van der Waals surface area contributed by atoms with Crippen LogP contribution in [0.1, 0.15) is 70.2 Å². The van der Waals surface area contributed by atoms with Crippen LogP contribution in [0.4, 0.5) is 5.95 Å². The summed E-state index contributed by atoms with van der Waals surface area (Å²) in [5.41, 5.74) is -0.445. The average Bonchev–Trinajstić information content (AvgIpc) is 3.17. The van der Waals surface area contributed by atoms with Crippen LogP contribution in [0.25, 0.3) is 0 Å². The molecule has 9 nitrogen and oxygen atoms in total. The third-order valence-electron chi connectivity index (χ3n) is 9.71. The minimum absolute atomic E-state index is 0.0260. The molecule has 0 aromatic carbocycles. The Hall–Kier alpha value is -2.52. The summed E-state index contributed by atoms with van der Waals surface area (Å²) < 4.78 is 6.10. The number of ether oxygens (including phenoxy) is 1. The molecule has 0 amide bonds. The zero-order valence-electron chi connectivity index (χ0n) is 20.4. The number of hydrogen-bond acceptors (Lipinski definition) is 8. The number of ketones is 1. The molecule has 0 radical (unpaired) electrons. The summed E-state index contributed by atoms with van der Waals surface area (Å²) in [5.74, 6) is 4.32. The van der Waals surface area contributed by atoms with Gasteiger partial charge in [-0.2, -0.15) is 0 Å². The van der Waals surface area contributed by atoms with Crippen LogP contribution in [0, 0.1) is 34.0 Å². The molecule has 186 valence electrons. The highest BCUT2D eigenvalue weighted by Crippen LogP contribution is 2.68. The lowest BCUT2D eigenvalue weighted by Crippen LogP contribution is -2.63. The summed E-state index contributed by atoms with van der Waals surface area (Å²) in [6.07, 6.45) is 4.61. The molecule has 0 aliphatic heterocycles. The molecule has 3 aliphatic rings. The largest absolute Gasteiger partial charge is 0.458 e. The van der Waals surface area contributed by atoms with E-state index in [1.807, 2.05) is 6.92 Å². The molecule has 34 heavy (non-hydrogen) atoms. The quantitative estimate of drug-likeness (QED) is 0.226. The third kappa shape index (κ3) is 3.35. The van der Waals surface area contributed by atoms with Crippen molar-refractivity contribution < 1.29 is 19.4 Å². The van der Waals surface area contributed by atoms with Crippen molar-refractivity contribution >= 4 is 17.7 Å². The number of nitrogen functional groups attached to an aromatic ring is 1. The number of hydrogen-bond donors (Lipinski definition) is 4. The smallest absolute Gasteiger partial charge is 0.345 e. The Morgan fingerprint density at radius 3 is 2.68 bits per heavy atom. The molecule has 2 bridgehead atoms. The zero-order valence-corrected chi connectivity index (χ0v) is 20.4. The first-order chi connectivity index (χ1) is 15.9. The van der Waals surface area contributed by atoms with Gasteiger partial charge in [0.05, 0.1) is 12.3 Å². The number of H-pyrrole nitrogens is 1. The van der Waals surface area contributed by atoms with Crippen LogP contribution < -0.4 is 16.8 Å². The molecule has 3 fully saturated rings. The van der Waals surface area contributed by atoms with Crippen LogP contribution in [0.2, 0.25) is 0 Å². The number of rotatable bonds is 4. The van der Waals surface area contributed by atoms with Gasteiger partial charge in [0.2, 0.25) is 5.95 Å². The highest BCUT2D eigenvalue weighted by molar-refractivity contribution is 5.89. The van der Waals surface area contributed by atoms with E-state index in [1.54, 1.807) is 6.08 Å². The monoisotopic (exact) mass is 472 g/mol. The fourth-order valence-electron chi connectivity index (χ4n) is 7.31. The predicted molar refractivity (Wildman–Crippen MR) is 127 cm³/mol. The van der Waals surface area contributed by atoms with E-state index in [4.69, 9.17) is 10.6 Å². The van der Waals surface area contributed by atoms with Crippen molar-refractivity contribution in [3.63, 3.8) is 0 Å². The summed E-state index contributed by atoms with van der Waals surface area (Å²) in [5, 5.41) is 11.6. The van der Waals surface area contributed by atoms with E-state index in [9.17, 15) is 19.5 Å². The zero-order chi connectivity index (χ0) is 25.1. The van der Waals surface area contributed by atoms with Crippen molar-refractivity contribution in [2.75, 3.05) is 5.43 Å². The van der Waals surface area contributed by atoms with Crippen LogP contribution in [-0.2, 0) is 9.53 Å². The number of nitrogens with zero attached hydrogens (tertiary/aromatic N) is 1. The number of hydrazine groups is 1. The molecular weight excluding hydrogens is 436 g/mol. The molecular formula is C25H36N4O5. The summed E-state index contributed by atoms with van der Waals surface area (Å²) in [7, 11) is 0. The number of anilines is 1. The molecule has 1 heterocycles. The second kappa shape index (κ2) is 8.30. The van der Waals surface area contributed by atoms with E-state index in [-0.39, 0.29) is 40.5 Å². The van der Waals surface area contributed by atoms with Gasteiger partial charge < -0.3 is 9.84 Å². The van der Waals surface area contributed by atoms with Crippen molar-refractivity contribution in [2.45, 2.75) is 72.0 Å². The number of aliphatic hydroxyl groups excluding tert-OH is 1. The molecule has 2 unspecified atom stereocenters. The van der Waals surface area contributed by atoms with Crippen LogP contribution in [0.15, 0.2) is 23.6 Å². The van der Waals surface area contributed by atoms with Gasteiger partial charge in [-0.25, -0.2) is 15.6 Å². The molecule has 3 saturated carbocycles. The molecule has 4 rings (SSSR count). The number of aromatic nitrogens is 2. The normalized spacial score (nSPS) is 41.7. The van der Waals surface area contributed by atoms with Crippen molar-refractivity contribution in [2.24, 2.45) is 39.8 Å². The Bertz CT molecular complexity index is 1070. The highest BCUT2D eigenvalue weighted by Gasteiger charge is 2.68. The van der Waals surface area contributed by atoms with Crippen LogP contribution in [0.3, 0.4) is 0 Å². The summed E-state index contributed by atoms with van der Waals surface area (Å²) in [6.45, 7) is 12.1. The Labute approximate surface area is 199 Å². The Kier molecular flexibility index (Phi) is 6.01. The average molecular weight is 473 g/mol. The Morgan fingerprint density at radius 1 is 1.35 bits per heavy atom. The minimum atomic E-state index is -0.813. The fraction of sp³-hybridized carbons (Fsp3) is 0.680. The Morgan fingerprint density at radius 2 is 2.06 bits per heavy atom. The molecule has 3 aliphatic carbocycles. The van der Waals surface area contributed by atoms with Crippen LogP contribution in [-0.4, -0.2) is 39.0 Å². The second-order valence-electron chi connectivity index (χ2n) is 11.1. The summed E-state index contributed by atoms with van der Waals surface area (Å²) in [6, 6.07) is 0. The van der Waals surface area contributed by atoms with Gasteiger partial charge in [-0.05, 0) is 42.9 Å². The number of aromatic amines is 1. The lowest BCUT2D eigenvalue weighted by Gasteiger charge is -2.61.